The maximum atomic E-state index is 12.8. The topological polar surface area (TPSA) is 60.9 Å². The lowest BCUT2D eigenvalue weighted by molar-refractivity contribution is -0.134. The summed E-state index contributed by atoms with van der Waals surface area (Å²) in [4.78, 5) is 16.7. The summed E-state index contributed by atoms with van der Waals surface area (Å²) in [5.74, 6) is 0.725. The van der Waals surface area contributed by atoms with E-state index >= 15 is 0 Å². The van der Waals surface area contributed by atoms with Crippen molar-refractivity contribution in [1.29, 1.82) is 0 Å². The lowest BCUT2D eigenvalue weighted by atomic mass is 10.0. The van der Waals surface area contributed by atoms with Crippen LogP contribution in [0.25, 0.3) is 0 Å². The van der Waals surface area contributed by atoms with Gasteiger partial charge in [0, 0.05) is 32.7 Å². The van der Waals surface area contributed by atoms with Gasteiger partial charge in [0.1, 0.15) is 4.90 Å². The molecule has 0 N–H and O–H groups in total. The van der Waals surface area contributed by atoms with Gasteiger partial charge in [-0.15, -0.1) is 0 Å². The van der Waals surface area contributed by atoms with Crippen molar-refractivity contribution in [2.24, 2.45) is 5.92 Å². The summed E-state index contributed by atoms with van der Waals surface area (Å²) in [5.41, 5.74) is 0. The van der Waals surface area contributed by atoms with Gasteiger partial charge in [-0.3, -0.25) is 9.69 Å². The van der Waals surface area contributed by atoms with Crippen LogP contribution in [0.1, 0.15) is 19.8 Å². The van der Waals surface area contributed by atoms with Gasteiger partial charge in [0.15, 0.2) is 0 Å². The predicted molar refractivity (Wildman–Crippen MR) is 102 cm³/mol. The highest BCUT2D eigenvalue weighted by atomic mass is 35.5. The minimum absolute atomic E-state index is 0.0916. The van der Waals surface area contributed by atoms with Crippen LogP contribution in [0.4, 0.5) is 0 Å². The van der Waals surface area contributed by atoms with Crippen LogP contribution in [-0.4, -0.2) is 74.2 Å². The fourth-order valence-electron chi connectivity index (χ4n) is 3.69. The highest BCUT2D eigenvalue weighted by molar-refractivity contribution is 7.89. The summed E-state index contributed by atoms with van der Waals surface area (Å²) in [6.07, 6.45) is 2.36. The second kappa shape index (κ2) is 8.25. The third-order valence-electron chi connectivity index (χ3n) is 5.15. The fourth-order valence-corrected chi connectivity index (χ4v) is 5.61. The Morgan fingerprint density at radius 2 is 1.85 bits per heavy atom. The average Bonchev–Trinajstić information content (AvgIpc) is 2.62. The summed E-state index contributed by atoms with van der Waals surface area (Å²) in [6.45, 7) is 6.03. The van der Waals surface area contributed by atoms with Crippen LogP contribution in [0.2, 0.25) is 5.02 Å². The molecule has 1 amide bonds. The SMILES string of the molecule is C[C@@H]1CCCN(CC(=O)N2CCN(S(=O)(=O)c3ccccc3Cl)CC2)C1. The summed E-state index contributed by atoms with van der Waals surface area (Å²) in [5, 5.41) is 0.227. The van der Waals surface area contributed by atoms with Crippen LogP contribution >= 0.6 is 11.6 Å². The Hall–Kier alpha value is -1.15. The van der Waals surface area contributed by atoms with E-state index in [1.54, 1.807) is 23.1 Å². The number of carbonyl (C=O) groups is 1. The first kappa shape index (κ1) is 19.6. The van der Waals surface area contributed by atoms with Crippen LogP contribution in [0.5, 0.6) is 0 Å². The van der Waals surface area contributed by atoms with Gasteiger partial charge in [0.05, 0.1) is 11.6 Å². The van der Waals surface area contributed by atoms with Gasteiger partial charge in [0.25, 0.3) is 0 Å². The molecule has 26 heavy (non-hydrogen) atoms. The smallest absolute Gasteiger partial charge is 0.244 e. The van der Waals surface area contributed by atoms with Crippen molar-refractivity contribution in [3.8, 4) is 0 Å². The highest BCUT2D eigenvalue weighted by Crippen LogP contribution is 2.25. The van der Waals surface area contributed by atoms with Gasteiger partial charge in [-0.25, -0.2) is 8.42 Å². The summed E-state index contributed by atoms with van der Waals surface area (Å²) in [6, 6.07) is 6.47. The largest absolute Gasteiger partial charge is 0.339 e. The monoisotopic (exact) mass is 399 g/mol. The molecule has 2 heterocycles. The Morgan fingerprint density at radius 1 is 1.15 bits per heavy atom. The fraction of sp³-hybridized carbons (Fsp3) is 0.611. The van der Waals surface area contributed by atoms with E-state index in [9.17, 15) is 13.2 Å². The molecule has 0 bridgehead atoms. The zero-order valence-corrected chi connectivity index (χ0v) is 16.7. The molecule has 2 fully saturated rings. The minimum atomic E-state index is -3.62. The number of piperazine rings is 1. The number of benzene rings is 1. The number of hydrogen-bond donors (Lipinski definition) is 0. The molecule has 1 aromatic rings. The number of amides is 1. The third-order valence-corrected chi connectivity index (χ3v) is 7.54. The lowest BCUT2D eigenvalue weighted by Crippen LogP contribution is -2.53. The number of halogens is 1. The molecule has 2 aliphatic rings. The van der Waals surface area contributed by atoms with Gasteiger partial charge < -0.3 is 4.90 Å². The van der Waals surface area contributed by atoms with Gasteiger partial charge in [0.2, 0.25) is 15.9 Å². The molecule has 8 heteroatoms. The molecule has 0 aromatic heterocycles. The van der Waals surface area contributed by atoms with Gasteiger partial charge in [-0.1, -0.05) is 30.7 Å². The number of piperidine rings is 1. The van der Waals surface area contributed by atoms with E-state index in [1.165, 1.54) is 16.8 Å². The number of sulfonamides is 1. The van der Waals surface area contributed by atoms with E-state index in [4.69, 9.17) is 11.6 Å². The number of likely N-dealkylation sites (tertiary alicyclic amines) is 1. The van der Waals surface area contributed by atoms with Crippen molar-refractivity contribution in [2.75, 3.05) is 45.8 Å². The number of carbonyl (C=O) groups excluding carboxylic acids is 1. The number of hydrogen-bond acceptors (Lipinski definition) is 4. The third kappa shape index (κ3) is 4.39. The molecular weight excluding hydrogens is 374 g/mol. The molecule has 0 spiro atoms. The van der Waals surface area contributed by atoms with Crippen molar-refractivity contribution < 1.29 is 13.2 Å². The van der Waals surface area contributed by atoms with E-state index in [0.717, 1.165) is 19.5 Å². The number of nitrogens with zero attached hydrogens (tertiary/aromatic N) is 3. The van der Waals surface area contributed by atoms with Crippen molar-refractivity contribution >= 4 is 27.5 Å². The molecule has 1 aromatic carbocycles. The second-order valence-corrected chi connectivity index (χ2v) is 9.51. The molecule has 1 atom stereocenters. The molecular formula is C18H26ClN3O3S. The van der Waals surface area contributed by atoms with Crippen LogP contribution in [-0.2, 0) is 14.8 Å². The minimum Gasteiger partial charge on any atom is -0.339 e. The zero-order valence-electron chi connectivity index (χ0n) is 15.1. The summed E-state index contributed by atoms with van der Waals surface area (Å²) in [7, 11) is -3.62. The maximum Gasteiger partial charge on any atom is 0.244 e. The maximum absolute atomic E-state index is 12.8. The molecule has 6 nitrogen and oxygen atoms in total. The second-order valence-electron chi connectivity index (χ2n) is 7.20. The van der Waals surface area contributed by atoms with Crippen molar-refractivity contribution in [2.45, 2.75) is 24.7 Å². The van der Waals surface area contributed by atoms with Gasteiger partial charge in [-0.2, -0.15) is 4.31 Å². The predicted octanol–water partition coefficient (Wildman–Crippen LogP) is 1.90. The molecule has 144 valence electrons. The van der Waals surface area contributed by atoms with E-state index in [2.05, 4.69) is 11.8 Å². The zero-order chi connectivity index (χ0) is 18.7. The molecule has 0 radical (unpaired) electrons. The van der Waals surface area contributed by atoms with E-state index in [-0.39, 0.29) is 15.8 Å². The van der Waals surface area contributed by atoms with E-state index in [0.29, 0.717) is 38.6 Å². The first-order chi connectivity index (χ1) is 12.4. The Balaban J connectivity index is 1.57. The van der Waals surface area contributed by atoms with Crippen LogP contribution < -0.4 is 0 Å². The van der Waals surface area contributed by atoms with Crippen LogP contribution in [0, 0.1) is 5.92 Å². The number of rotatable bonds is 4. The first-order valence-corrected chi connectivity index (χ1v) is 10.9. The van der Waals surface area contributed by atoms with E-state index < -0.39 is 10.0 Å². The lowest BCUT2D eigenvalue weighted by Gasteiger charge is -2.36. The standard InChI is InChI=1S/C18H26ClN3O3S/c1-15-5-4-8-20(13-15)14-18(23)21-9-11-22(12-10-21)26(24,25)17-7-3-2-6-16(17)19/h2-3,6-7,15H,4-5,8-14H2,1H3/t15-/m1/s1. The molecule has 0 aliphatic carbocycles. The molecule has 3 rings (SSSR count). The Morgan fingerprint density at radius 3 is 2.50 bits per heavy atom. The van der Waals surface area contributed by atoms with Gasteiger partial charge >= 0.3 is 0 Å². The van der Waals surface area contributed by atoms with Crippen LogP contribution in [0.15, 0.2) is 29.2 Å². The molecule has 0 saturated carbocycles. The Labute approximate surface area is 160 Å². The average molecular weight is 400 g/mol. The molecule has 2 aliphatic heterocycles. The normalized spacial score (nSPS) is 23.2. The summed E-state index contributed by atoms with van der Waals surface area (Å²) < 4.78 is 27.0. The molecule has 2 saturated heterocycles. The highest BCUT2D eigenvalue weighted by Gasteiger charge is 2.32. The van der Waals surface area contributed by atoms with Crippen molar-refractivity contribution in [3.05, 3.63) is 29.3 Å². The van der Waals surface area contributed by atoms with E-state index in [1.807, 2.05) is 0 Å². The molecule has 0 unspecified atom stereocenters. The summed E-state index contributed by atoms with van der Waals surface area (Å²) >= 11 is 6.05. The quantitative estimate of drug-likeness (QED) is 0.775. The van der Waals surface area contributed by atoms with Gasteiger partial charge in [-0.05, 0) is 37.4 Å². The first-order valence-electron chi connectivity index (χ1n) is 9.13. The van der Waals surface area contributed by atoms with Crippen molar-refractivity contribution in [3.63, 3.8) is 0 Å². The Bertz CT molecular complexity index is 748. The van der Waals surface area contributed by atoms with Crippen LogP contribution in [0.3, 0.4) is 0 Å². The Kier molecular flexibility index (Phi) is 6.22. The van der Waals surface area contributed by atoms with Crippen molar-refractivity contribution in [1.82, 2.24) is 14.1 Å².